The van der Waals surface area contributed by atoms with Gasteiger partial charge in [0.2, 0.25) is 5.91 Å². The Morgan fingerprint density at radius 2 is 2.26 bits per heavy atom. The molecule has 2 N–H and O–H groups in total. The first kappa shape index (κ1) is 16.5. The largest absolute Gasteiger partial charge is 0.341 e. The fourth-order valence-corrected chi connectivity index (χ4v) is 3.53. The maximum absolute atomic E-state index is 12.2. The third-order valence-corrected chi connectivity index (χ3v) is 4.94. The van der Waals surface area contributed by atoms with Crippen molar-refractivity contribution in [3.63, 3.8) is 0 Å². The van der Waals surface area contributed by atoms with Gasteiger partial charge in [-0.05, 0) is 42.7 Å². The van der Waals surface area contributed by atoms with Crippen molar-refractivity contribution in [2.24, 2.45) is 11.7 Å². The molecule has 0 aliphatic heterocycles. The van der Waals surface area contributed by atoms with E-state index in [2.05, 4.69) is 18.4 Å². The highest BCUT2D eigenvalue weighted by Crippen LogP contribution is 2.27. The van der Waals surface area contributed by atoms with E-state index in [9.17, 15) is 4.79 Å². The summed E-state index contributed by atoms with van der Waals surface area (Å²) in [4.78, 5) is 15.3. The average molecular weight is 303 g/mol. The minimum absolute atomic E-state index is 0. The molecule has 1 amide bonds. The monoisotopic (exact) mass is 302 g/mol. The Morgan fingerprint density at radius 3 is 2.79 bits per heavy atom. The number of carbonyl (C=O) groups is 1. The van der Waals surface area contributed by atoms with Crippen LogP contribution < -0.4 is 5.73 Å². The highest BCUT2D eigenvalue weighted by Gasteiger charge is 2.27. The molecule has 1 aromatic rings. The van der Waals surface area contributed by atoms with Crippen molar-refractivity contribution in [3.05, 3.63) is 21.9 Å². The van der Waals surface area contributed by atoms with Crippen LogP contribution in [0.25, 0.3) is 0 Å². The first-order valence-electron chi connectivity index (χ1n) is 6.60. The van der Waals surface area contributed by atoms with Crippen molar-refractivity contribution < 1.29 is 4.79 Å². The Morgan fingerprint density at radius 1 is 1.53 bits per heavy atom. The summed E-state index contributed by atoms with van der Waals surface area (Å²) in [6.45, 7) is 2.82. The smallest absolute Gasteiger partial charge is 0.222 e. The molecule has 0 spiro atoms. The molecule has 2 atom stereocenters. The number of carbonyl (C=O) groups excluding carboxylic acids is 1. The molecule has 1 aromatic heterocycles. The molecule has 0 bridgehead atoms. The van der Waals surface area contributed by atoms with Crippen LogP contribution >= 0.6 is 23.7 Å². The molecule has 2 rings (SSSR count). The lowest BCUT2D eigenvalue weighted by molar-refractivity contribution is -0.131. The quantitative estimate of drug-likeness (QED) is 0.929. The summed E-state index contributed by atoms with van der Waals surface area (Å²) >= 11 is 1.72. The normalized spacial score (nSPS) is 22.1. The molecule has 1 aliphatic rings. The summed E-state index contributed by atoms with van der Waals surface area (Å²) in [5.41, 5.74) is 7.29. The van der Waals surface area contributed by atoms with Crippen molar-refractivity contribution in [3.8, 4) is 0 Å². The van der Waals surface area contributed by atoms with Gasteiger partial charge in [-0.25, -0.2) is 0 Å². The second kappa shape index (κ2) is 7.27. The van der Waals surface area contributed by atoms with Crippen molar-refractivity contribution in [1.29, 1.82) is 0 Å². The number of aryl methyl sites for hydroxylation is 1. The first-order chi connectivity index (χ1) is 8.58. The first-order valence-corrected chi connectivity index (χ1v) is 7.48. The van der Waals surface area contributed by atoms with E-state index in [0.29, 0.717) is 12.3 Å². The molecule has 1 saturated carbocycles. The van der Waals surface area contributed by atoms with E-state index in [0.717, 1.165) is 19.4 Å². The number of nitrogens with two attached hydrogens (primary N) is 1. The standard InChI is InChI=1S/C14H22N2OS.ClH/c1-10-6-7-18-13(10)9-16(2)14(17)8-11-4-3-5-12(11)15;/h6-7,11-12H,3-5,8-9,15H2,1-2H3;1H/t11-,12+;/m0./s1. The van der Waals surface area contributed by atoms with Crippen LogP contribution in [-0.2, 0) is 11.3 Å². The van der Waals surface area contributed by atoms with Gasteiger partial charge in [-0.15, -0.1) is 23.7 Å². The van der Waals surface area contributed by atoms with Gasteiger partial charge in [-0.2, -0.15) is 0 Å². The van der Waals surface area contributed by atoms with Crippen LogP contribution in [0.5, 0.6) is 0 Å². The van der Waals surface area contributed by atoms with Crippen molar-refractivity contribution in [1.82, 2.24) is 4.90 Å². The van der Waals surface area contributed by atoms with Gasteiger partial charge in [0.05, 0.1) is 6.54 Å². The van der Waals surface area contributed by atoms with E-state index in [4.69, 9.17) is 5.73 Å². The molecule has 0 saturated heterocycles. The molecule has 1 aliphatic carbocycles. The molecule has 108 valence electrons. The van der Waals surface area contributed by atoms with E-state index in [1.165, 1.54) is 16.9 Å². The molecule has 0 aromatic carbocycles. The number of amides is 1. The van der Waals surface area contributed by atoms with E-state index in [1.54, 1.807) is 11.3 Å². The van der Waals surface area contributed by atoms with Crippen molar-refractivity contribution in [2.45, 2.75) is 45.2 Å². The van der Waals surface area contributed by atoms with E-state index in [-0.39, 0.29) is 24.4 Å². The van der Waals surface area contributed by atoms with Gasteiger partial charge < -0.3 is 10.6 Å². The van der Waals surface area contributed by atoms with Gasteiger partial charge >= 0.3 is 0 Å². The molecule has 1 fully saturated rings. The third-order valence-electron chi connectivity index (χ3n) is 3.93. The molecule has 3 nitrogen and oxygen atoms in total. The predicted molar refractivity (Wildman–Crippen MR) is 82.7 cm³/mol. The lowest BCUT2D eigenvalue weighted by Gasteiger charge is -2.21. The fraction of sp³-hybridized carbons (Fsp3) is 0.643. The van der Waals surface area contributed by atoms with Gasteiger partial charge in [-0.1, -0.05) is 6.42 Å². The Bertz CT molecular complexity index is 421. The Kier molecular flexibility index (Phi) is 6.30. The number of halogens is 1. The Balaban J connectivity index is 0.00000180. The zero-order valence-corrected chi connectivity index (χ0v) is 13.2. The highest BCUT2D eigenvalue weighted by molar-refractivity contribution is 7.10. The SMILES string of the molecule is Cc1ccsc1CN(C)C(=O)C[C@@H]1CCC[C@H]1N.Cl. The molecular weight excluding hydrogens is 280 g/mol. The lowest BCUT2D eigenvalue weighted by atomic mass is 9.99. The summed E-state index contributed by atoms with van der Waals surface area (Å²) in [6.07, 6.45) is 3.97. The zero-order chi connectivity index (χ0) is 13.1. The van der Waals surface area contributed by atoms with Crippen LogP contribution in [0.2, 0.25) is 0 Å². The van der Waals surface area contributed by atoms with Crippen molar-refractivity contribution >= 4 is 29.7 Å². The topological polar surface area (TPSA) is 46.3 Å². The van der Waals surface area contributed by atoms with Gasteiger partial charge in [0, 0.05) is 24.4 Å². The molecule has 1 heterocycles. The summed E-state index contributed by atoms with van der Waals surface area (Å²) in [5, 5.41) is 2.08. The second-order valence-electron chi connectivity index (χ2n) is 5.34. The molecule has 5 heteroatoms. The second-order valence-corrected chi connectivity index (χ2v) is 6.34. The van der Waals surface area contributed by atoms with Crippen molar-refractivity contribution in [2.75, 3.05) is 7.05 Å². The fourth-order valence-electron chi connectivity index (χ4n) is 2.57. The highest BCUT2D eigenvalue weighted by atomic mass is 35.5. The van der Waals surface area contributed by atoms with Crippen LogP contribution in [0, 0.1) is 12.8 Å². The number of hydrogen-bond donors (Lipinski definition) is 1. The van der Waals surface area contributed by atoms with Gasteiger partial charge in [0.1, 0.15) is 0 Å². The Hall–Kier alpha value is -0.580. The van der Waals surface area contributed by atoms with Crippen LogP contribution in [-0.4, -0.2) is 23.9 Å². The molecule has 0 unspecified atom stereocenters. The number of nitrogens with zero attached hydrogens (tertiary/aromatic N) is 1. The average Bonchev–Trinajstić information content (AvgIpc) is 2.90. The molecular formula is C14H23ClN2OS. The number of rotatable bonds is 4. The van der Waals surface area contributed by atoms with E-state index in [1.807, 2.05) is 11.9 Å². The van der Waals surface area contributed by atoms with Crippen LogP contribution in [0.4, 0.5) is 0 Å². The van der Waals surface area contributed by atoms with Gasteiger partial charge in [-0.3, -0.25) is 4.79 Å². The van der Waals surface area contributed by atoms with Gasteiger partial charge in [0.15, 0.2) is 0 Å². The number of hydrogen-bond acceptors (Lipinski definition) is 3. The lowest BCUT2D eigenvalue weighted by Crippen LogP contribution is -2.32. The van der Waals surface area contributed by atoms with Crippen LogP contribution in [0.1, 0.15) is 36.1 Å². The van der Waals surface area contributed by atoms with E-state index >= 15 is 0 Å². The summed E-state index contributed by atoms with van der Waals surface area (Å²) in [5.74, 6) is 0.620. The third kappa shape index (κ3) is 4.20. The van der Waals surface area contributed by atoms with Crippen LogP contribution in [0.15, 0.2) is 11.4 Å². The maximum Gasteiger partial charge on any atom is 0.222 e. The Labute approximate surface area is 125 Å². The molecule has 19 heavy (non-hydrogen) atoms. The van der Waals surface area contributed by atoms with E-state index < -0.39 is 0 Å². The maximum atomic E-state index is 12.2. The van der Waals surface area contributed by atoms with Gasteiger partial charge in [0.25, 0.3) is 0 Å². The minimum atomic E-state index is 0. The van der Waals surface area contributed by atoms with Crippen LogP contribution in [0.3, 0.4) is 0 Å². The molecule has 0 radical (unpaired) electrons. The summed E-state index contributed by atoms with van der Waals surface area (Å²) in [7, 11) is 1.89. The predicted octanol–water partition coefficient (Wildman–Crippen LogP) is 2.95. The summed E-state index contributed by atoms with van der Waals surface area (Å²) < 4.78 is 0. The zero-order valence-electron chi connectivity index (χ0n) is 11.6. The summed E-state index contributed by atoms with van der Waals surface area (Å²) in [6, 6.07) is 2.33. The number of thiophene rings is 1. The minimum Gasteiger partial charge on any atom is -0.341 e.